The molecule has 0 radical (unpaired) electrons. The summed E-state index contributed by atoms with van der Waals surface area (Å²) in [6, 6.07) is 7.34. The molecule has 0 aliphatic carbocycles. The van der Waals surface area contributed by atoms with Crippen LogP contribution in [0.4, 0.5) is 0 Å². The molecule has 6 heteroatoms. The van der Waals surface area contributed by atoms with Gasteiger partial charge in [-0.2, -0.15) is 0 Å². The van der Waals surface area contributed by atoms with Crippen LogP contribution in [0.1, 0.15) is 10.4 Å². The van der Waals surface area contributed by atoms with E-state index in [9.17, 15) is 0 Å². The van der Waals surface area contributed by atoms with Crippen molar-refractivity contribution in [2.45, 2.75) is 6.61 Å². The molecule has 0 atom stereocenters. The minimum Gasteiger partial charge on any atom is -0.487 e. The lowest BCUT2D eigenvalue weighted by Gasteiger charge is -2.11. The molecule has 1 heterocycles. The minimum atomic E-state index is 0.237. The van der Waals surface area contributed by atoms with E-state index in [1.807, 2.05) is 23.6 Å². The molecule has 0 saturated heterocycles. The van der Waals surface area contributed by atoms with Gasteiger partial charge in [0.1, 0.15) is 17.3 Å². The smallest absolute Gasteiger partial charge is 0.131 e. The first-order valence-electron chi connectivity index (χ1n) is 5.02. The average Bonchev–Trinajstić information content (AvgIpc) is 2.71. The van der Waals surface area contributed by atoms with Crippen LogP contribution < -0.4 is 10.5 Å². The molecule has 0 saturated carbocycles. The van der Waals surface area contributed by atoms with Gasteiger partial charge in [0.25, 0.3) is 0 Å². The summed E-state index contributed by atoms with van der Waals surface area (Å²) in [5, 5.41) is 2.50. The predicted octanol–water partition coefficient (Wildman–Crippen LogP) is 4.38. The van der Waals surface area contributed by atoms with E-state index in [4.69, 9.17) is 34.3 Å². The number of hydrogen-bond acceptors (Lipinski definition) is 3. The van der Waals surface area contributed by atoms with Crippen LogP contribution in [0.5, 0.6) is 5.75 Å². The Kier molecular flexibility index (Phi) is 4.61. The van der Waals surface area contributed by atoms with Crippen molar-refractivity contribution in [2.24, 2.45) is 5.73 Å². The lowest BCUT2D eigenvalue weighted by atomic mass is 10.2. The molecule has 2 aromatic rings. The van der Waals surface area contributed by atoms with Crippen LogP contribution in [-0.4, -0.2) is 4.99 Å². The highest BCUT2D eigenvalue weighted by Crippen LogP contribution is 2.29. The van der Waals surface area contributed by atoms with E-state index in [1.54, 1.807) is 17.4 Å². The fourth-order valence-corrected chi connectivity index (χ4v) is 3.35. The molecule has 0 aliphatic rings. The summed E-state index contributed by atoms with van der Waals surface area (Å²) in [5.41, 5.74) is 6.24. The number of rotatable bonds is 4. The molecule has 2 N–H and O–H groups in total. The lowest BCUT2D eigenvalue weighted by Crippen LogP contribution is -2.12. The zero-order valence-corrected chi connectivity index (χ0v) is 13.1. The second-order valence-electron chi connectivity index (χ2n) is 3.46. The molecule has 0 bridgehead atoms. The van der Waals surface area contributed by atoms with Crippen LogP contribution in [0.2, 0.25) is 5.02 Å². The van der Waals surface area contributed by atoms with Gasteiger partial charge in [-0.15, -0.1) is 11.3 Å². The van der Waals surface area contributed by atoms with Crippen LogP contribution in [0, 0.1) is 0 Å². The highest BCUT2D eigenvalue weighted by molar-refractivity contribution is 9.10. The molecule has 0 amide bonds. The fraction of sp³-hybridized carbons (Fsp3) is 0.0833. The third kappa shape index (κ3) is 3.03. The van der Waals surface area contributed by atoms with Crippen molar-refractivity contribution in [3.05, 3.63) is 49.6 Å². The Bertz CT molecular complexity index is 585. The first-order chi connectivity index (χ1) is 8.59. The first-order valence-corrected chi connectivity index (χ1v) is 7.48. The normalized spacial score (nSPS) is 10.3. The zero-order valence-electron chi connectivity index (χ0n) is 9.15. The van der Waals surface area contributed by atoms with Gasteiger partial charge in [-0.1, -0.05) is 29.9 Å². The molecule has 1 aromatic carbocycles. The highest BCUT2D eigenvalue weighted by atomic mass is 79.9. The molecule has 0 unspecified atom stereocenters. The molecular weight excluding hydrogens is 354 g/mol. The van der Waals surface area contributed by atoms with Crippen LogP contribution in [-0.2, 0) is 6.61 Å². The molecule has 1 aromatic heterocycles. The van der Waals surface area contributed by atoms with E-state index in [1.165, 1.54) is 0 Å². The SMILES string of the molecule is NC(=S)c1c(Cl)cccc1OCc1sccc1Br. The number of thiophene rings is 1. The third-order valence-electron chi connectivity index (χ3n) is 2.27. The van der Waals surface area contributed by atoms with E-state index in [0.29, 0.717) is 22.9 Å². The van der Waals surface area contributed by atoms with Crippen LogP contribution in [0.25, 0.3) is 0 Å². The summed E-state index contributed by atoms with van der Waals surface area (Å²) in [6.45, 7) is 0.453. The maximum Gasteiger partial charge on any atom is 0.131 e. The molecule has 2 rings (SSSR count). The van der Waals surface area contributed by atoms with Gasteiger partial charge in [-0.25, -0.2) is 0 Å². The Morgan fingerprint density at radius 3 is 2.83 bits per heavy atom. The molecular formula is C12H9BrClNOS2. The monoisotopic (exact) mass is 361 g/mol. The van der Waals surface area contributed by atoms with Gasteiger partial charge in [0.05, 0.1) is 15.5 Å². The van der Waals surface area contributed by atoms with E-state index < -0.39 is 0 Å². The Morgan fingerprint density at radius 1 is 1.44 bits per heavy atom. The fourth-order valence-electron chi connectivity index (χ4n) is 1.44. The largest absolute Gasteiger partial charge is 0.487 e. The number of hydrogen-bond donors (Lipinski definition) is 1. The summed E-state index contributed by atoms with van der Waals surface area (Å²) in [7, 11) is 0. The van der Waals surface area contributed by atoms with E-state index in [2.05, 4.69) is 15.9 Å². The maximum atomic E-state index is 6.06. The Balaban J connectivity index is 2.22. The summed E-state index contributed by atoms with van der Waals surface area (Å²) < 4.78 is 6.77. The van der Waals surface area contributed by atoms with Gasteiger partial charge in [0.2, 0.25) is 0 Å². The van der Waals surface area contributed by atoms with Crippen molar-refractivity contribution < 1.29 is 4.74 Å². The quantitative estimate of drug-likeness (QED) is 0.820. The van der Waals surface area contributed by atoms with Crippen molar-refractivity contribution in [2.75, 3.05) is 0 Å². The number of benzene rings is 1. The van der Waals surface area contributed by atoms with Gasteiger partial charge < -0.3 is 10.5 Å². The van der Waals surface area contributed by atoms with Crippen molar-refractivity contribution >= 4 is 56.1 Å². The first kappa shape index (κ1) is 13.8. The average molecular weight is 363 g/mol. The molecule has 0 fully saturated rings. The Hall–Kier alpha value is -0.620. The van der Waals surface area contributed by atoms with Crippen molar-refractivity contribution in [1.29, 1.82) is 0 Å². The topological polar surface area (TPSA) is 35.2 Å². The van der Waals surface area contributed by atoms with Gasteiger partial charge in [0.15, 0.2) is 0 Å². The summed E-state index contributed by atoms with van der Waals surface area (Å²) in [4.78, 5) is 1.34. The standard InChI is InChI=1S/C12H9BrClNOS2/c13-7-4-5-18-10(7)6-16-9-3-1-2-8(14)11(9)12(15)17/h1-5H,6H2,(H2,15,17). The summed E-state index contributed by atoms with van der Waals surface area (Å²) in [6.07, 6.45) is 0. The Morgan fingerprint density at radius 2 is 2.22 bits per heavy atom. The molecule has 0 aliphatic heterocycles. The van der Waals surface area contributed by atoms with Crippen molar-refractivity contribution in [3.8, 4) is 5.75 Å². The van der Waals surface area contributed by atoms with E-state index in [0.717, 1.165) is 9.35 Å². The van der Waals surface area contributed by atoms with E-state index >= 15 is 0 Å². The predicted molar refractivity (Wildman–Crippen MR) is 83.7 cm³/mol. The summed E-state index contributed by atoms with van der Waals surface area (Å²) >= 11 is 16.1. The highest BCUT2D eigenvalue weighted by Gasteiger charge is 2.11. The minimum absolute atomic E-state index is 0.237. The maximum absolute atomic E-state index is 6.06. The Labute approximate surface area is 128 Å². The second-order valence-corrected chi connectivity index (χ2v) is 6.16. The van der Waals surface area contributed by atoms with Gasteiger partial charge in [-0.05, 0) is 39.5 Å². The molecule has 94 valence electrons. The summed E-state index contributed by atoms with van der Waals surface area (Å²) in [5.74, 6) is 0.607. The van der Waals surface area contributed by atoms with Crippen LogP contribution in [0.15, 0.2) is 34.1 Å². The molecule has 2 nitrogen and oxygen atoms in total. The van der Waals surface area contributed by atoms with Crippen LogP contribution >= 0.6 is 51.1 Å². The number of nitrogens with two attached hydrogens (primary N) is 1. The number of ether oxygens (including phenoxy) is 1. The third-order valence-corrected chi connectivity index (χ3v) is 4.69. The number of thiocarbonyl (C=S) groups is 1. The van der Waals surface area contributed by atoms with Crippen molar-refractivity contribution in [3.63, 3.8) is 0 Å². The van der Waals surface area contributed by atoms with Crippen LogP contribution in [0.3, 0.4) is 0 Å². The van der Waals surface area contributed by atoms with Gasteiger partial charge >= 0.3 is 0 Å². The van der Waals surface area contributed by atoms with Gasteiger partial charge in [-0.3, -0.25) is 0 Å². The van der Waals surface area contributed by atoms with Crippen molar-refractivity contribution in [1.82, 2.24) is 0 Å². The lowest BCUT2D eigenvalue weighted by molar-refractivity contribution is 0.308. The second kappa shape index (κ2) is 6.02. The van der Waals surface area contributed by atoms with E-state index in [-0.39, 0.29) is 4.99 Å². The molecule has 18 heavy (non-hydrogen) atoms. The zero-order chi connectivity index (χ0) is 13.1. The number of halogens is 2. The molecule has 0 spiro atoms. The van der Waals surface area contributed by atoms with Gasteiger partial charge in [0, 0.05) is 4.47 Å².